The molecule has 8 nitrogen and oxygen atoms in total. The third-order valence-corrected chi connectivity index (χ3v) is 4.62. The monoisotopic (exact) mass is 378 g/mol. The van der Waals surface area contributed by atoms with Gasteiger partial charge in [0, 0.05) is 12.1 Å². The summed E-state index contributed by atoms with van der Waals surface area (Å²) in [5.74, 6) is -1.29. The van der Waals surface area contributed by atoms with E-state index < -0.39 is 24.1 Å². The number of carbonyl (C=O) groups excluding carboxylic acids is 2. The fourth-order valence-electron chi connectivity index (χ4n) is 3.20. The molecule has 1 saturated carbocycles. The maximum absolute atomic E-state index is 12.5. The van der Waals surface area contributed by atoms with Gasteiger partial charge in [0.15, 0.2) is 21.1 Å². The molecule has 28 heavy (non-hydrogen) atoms. The van der Waals surface area contributed by atoms with Gasteiger partial charge in [-0.2, -0.15) is 0 Å². The molecule has 140 valence electrons. The summed E-state index contributed by atoms with van der Waals surface area (Å²) in [6.45, 7) is 0. The maximum atomic E-state index is 12.5. The first kappa shape index (κ1) is 19.0. The standard InChI is InChI=1S/C20H18N4O4/c21-23-15-9-3-1-7-13(15)19(25)27-17-11-5-6-12-18(17)28-20(26)14-8-2-4-10-16(14)24-22/h1-4,7-10,17-18H,5-6,11-12H2/q+2/t17-,18-/m1/s1. The van der Waals surface area contributed by atoms with Gasteiger partial charge in [-0.05, 0) is 37.8 Å². The van der Waals surface area contributed by atoms with Crippen molar-refractivity contribution in [1.82, 2.24) is 0 Å². The molecule has 3 rings (SSSR count). The van der Waals surface area contributed by atoms with Crippen molar-refractivity contribution in [2.24, 2.45) is 0 Å². The van der Waals surface area contributed by atoms with Crippen molar-refractivity contribution >= 4 is 23.3 Å². The SMILES string of the molecule is N#[N+]c1ccccc1C(=O)O[C@@H]1CCCC[C@H]1OC(=O)c1ccccc1[N+]#N. The van der Waals surface area contributed by atoms with Gasteiger partial charge >= 0.3 is 23.3 Å². The Morgan fingerprint density at radius 3 is 1.54 bits per heavy atom. The number of benzene rings is 2. The Labute approximate surface area is 161 Å². The van der Waals surface area contributed by atoms with Gasteiger partial charge in [0.2, 0.25) is 10.8 Å². The quantitative estimate of drug-likeness (QED) is 0.548. The largest absolute Gasteiger partial charge is 0.455 e. The second-order valence-electron chi connectivity index (χ2n) is 6.41. The highest BCUT2D eigenvalue weighted by Crippen LogP contribution is 2.28. The average molecular weight is 378 g/mol. The number of nitrogens with zero attached hydrogens (tertiary/aromatic N) is 4. The Morgan fingerprint density at radius 2 is 1.14 bits per heavy atom. The Morgan fingerprint density at radius 1 is 0.750 bits per heavy atom. The van der Waals surface area contributed by atoms with Crippen molar-refractivity contribution in [3.8, 4) is 0 Å². The highest BCUT2D eigenvalue weighted by Gasteiger charge is 2.34. The summed E-state index contributed by atoms with van der Waals surface area (Å²) < 4.78 is 11.1. The van der Waals surface area contributed by atoms with Crippen LogP contribution in [-0.4, -0.2) is 24.1 Å². The fraction of sp³-hybridized carbons (Fsp3) is 0.300. The molecule has 2 aromatic carbocycles. The highest BCUT2D eigenvalue weighted by molar-refractivity contribution is 5.96. The first-order valence-corrected chi connectivity index (χ1v) is 8.94. The molecule has 0 bridgehead atoms. The number of ether oxygens (including phenoxy) is 2. The van der Waals surface area contributed by atoms with E-state index in [0.717, 1.165) is 12.8 Å². The van der Waals surface area contributed by atoms with Crippen molar-refractivity contribution in [2.45, 2.75) is 37.9 Å². The average Bonchev–Trinajstić information content (AvgIpc) is 2.74. The zero-order valence-electron chi connectivity index (χ0n) is 15.0. The lowest BCUT2D eigenvalue weighted by Crippen LogP contribution is -2.37. The molecule has 0 saturated heterocycles. The van der Waals surface area contributed by atoms with Gasteiger partial charge in [0.05, 0.1) is 0 Å². The van der Waals surface area contributed by atoms with Crippen LogP contribution in [0.5, 0.6) is 0 Å². The van der Waals surface area contributed by atoms with E-state index in [1.54, 1.807) is 24.3 Å². The Bertz CT molecular complexity index is 897. The van der Waals surface area contributed by atoms with Crippen molar-refractivity contribution in [1.29, 1.82) is 10.8 Å². The van der Waals surface area contributed by atoms with Gasteiger partial charge in [0.25, 0.3) is 0 Å². The highest BCUT2D eigenvalue weighted by atomic mass is 16.6. The molecule has 0 spiro atoms. The van der Waals surface area contributed by atoms with Crippen LogP contribution in [0.2, 0.25) is 0 Å². The molecule has 0 aromatic heterocycles. The molecule has 0 heterocycles. The smallest absolute Gasteiger partial charge is 0.399 e. The molecule has 0 aliphatic heterocycles. The summed E-state index contributed by atoms with van der Waals surface area (Å²) >= 11 is 0. The van der Waals surface area contributed by atoms with Gasteiger partial charge < -0.3 is 9.47 Å². The molecule has 0 N–H and O–H groups in total. The molecule has 2 aromatic rings. The molecular formula is C20H18N4O4+2. The van der Waals surface area contributed by atoms with E-state index in [2.05, 4.69) is 9.95 Å². The molecule has 8 heteroatoms. The van der Waals surface area contributed by atoms with Crippen LogP contribution in [0.25, 0.3) is 9.95 Å². The third kappa shape index (κ3) is 4.13. The van der Waals surface area contributed by atoms with Crippen LogP contribution in [0.3, 0.4) is 0 Å². The van der Waals surface area contributed by atoms with E-state index in [9.17, 15) is 9.59 Å². The Balaban J connectivity index is 1.74. The zero-order valence-corrected chi connectivity index (χ0v) is 15.0. The van der Waals surface area contributed by atoms with Crippen LogP contribution in [-0.2, 0) is 9.47 Å². The summed E-state index contributed by atoms with van der Waals surface area (Å²) in [5, 5.41) is 18.1. The molecule has 1 aliphatic carbocycles. The Hall–Kier alpha value is -3.78. The van der Waals surface area contributed by atoms with Crippen LogP contribution >= 0.6 is 0 Å². The normalized spacial score (nSPS) is 18.4. The van der Waals surface area contributed by atoms with Gasteiger partial charge in [-0.25, -0.2) is 9.59 Å². The van der Waals surface area contributed by atoms with Gasteiger partial charge in [-0.1, -0.05) is 24.3 Å². The molecule has 1 fully saturated rings. The molecular weight excluding hydrogens is 360 g/mol. The molecule has 0 radical (unpaired) electrons. The molecule has 0 amide bonds. The minimum Gasteiger partial charge on any atom is -0.455 e. The molecule has 2 atom stereocenters. The number of esters is 2. The van der Waals surface area contributed by atoms with Gasteiger partial charge in [0.1, 0.15) is 12.2 Å². The van der Waals surface area contributed by atoms with Crippen LogP contribution in [0.1, 0.15) is 46.4 Å². The zero-order chi connectivity index (χ0) is 19.9. The van der Waals surface area contributed by atoms with Gasteiger partial charge in [-0.3, -0.25) is 0 Å². The first-order chi connectivity index (χ1) is 13.6. The molecule has 0 unspecified atom stereocenters. The number of carbonyl (C=O) groups is 2. The van der Waals surface area contributed by atoms with E-state index in [-0.39, 0.29) is 22.5 Å². The predicted octanol–water partition coefficient (Wildman–Crippen LogP) is 4.98. The predicted molar refractivity (Wildman–Crippen MR) is 99.2 cm³/mol. The summed E-state index contributed by atoms with van der Waals surface area (Å²) in [5.41, 5.74) is 0.473. The molecule has 1 aliphatic rings. The van der Waals surface area contributed by atoms with Gasteiger partial charge in [-0.15, -0.1) is 0 Å². The van der Waals surface area contributed by atoms with Crippen molar-refractivity contribution in [3.63, 3.8) is 0 Å². The van der Waals surface area contributed by atoms with E-state index in [1.807, 2.05) is 0 Å². The summed E-state index contributed by atoms with van der Waals surface area (Å²) in [4.78, 5) is 31.2. The maximum Gasteiger partial charge on any atom is 0.399 e. The van der Waals surface area contributed by atoms with Crippen LogP contribution in [0.4, 0.5) is 11.4 Å². The Kier molecular flexibility index (Phi) is 5.93. The fourth-order valence-corrected chi connectivity index (χ4v) is 3.20. The lowest BCUT2D eigenvalue weighted by atomic mass is 9.94. The van der Waals surface area contributed by atoms with Crippen molar-refractivity contribution in [3.05, 3.63) is 69.6 Å². The topological polar surface area (TPSA) is 109 Å². The number of diazo groups is 2. The van der Waals surface area contributed by atoms with Crippen LogP contribution in [0, 0.1) is 10.8 Å². The lowest BCUT2D eigenvalue weighted by molar-refractivity contribution is -0.0513. The van der Waals surface area contributed by atoms with Crippen molar-refractivity contribution < 1.29 is 19.1 Å². The van der Waals surface area contributed by atoms with E-state index in [4.69, 9.17) is 20.3 Å². The minimum absolute atomic E-state index is 0.107. The summed E-state index contributed by atoms with van der Waals surface area (Å²) in [6.07, 6.45) is 1.54. The van der Waals surface area contributed by atoms with Crippen LogP contribution < -0.4 is 0 Å². The number of hydrogen-bond donors (Lipinski definition) is 0. The summed E-state index contributed by atoms with van der Waals surface area (Å²) in [6, 6.07) is 12.5. The second-order valence-corrected chi connectivity index (χ2v) is 6.41. The van der Waals surface area contributed by atoms with E-state index in [0.29, 0.717) is 12.8 Å². The van der Waals surface area contributed by atoms with E-state index >= 15 is 0 Å². The lowest BCUT2D eigenvalue weighted by Gasteiger charge is -2.30. The van der Waals surface area contributed by atoms with Crippen molar-refractivity contribution in [2.75, 3.05) is 0 Å². The van der Waals surface area contributed by atoms with E-state index in [1.165, 1.54) is 24.3 Å². The number of hydrogen-bond acceptors (Lipinski definition) is 6. The second kappa shape index (κ2) is 8.74. The summed E-state index contributed by atoms with van der Waals surface area (Å²) in [7, 11) is 0. The minimum atomic E-state index is -0.646. The first-order valence-electron chi connectivity index (χ1n) is 8.94. The number of rotatable bonds is 4. The third-order valence-electron chi connectivity index (χ3n) is 4.62. The van der Waals surface area contributed by atoms with Crippen LogP contribution in [0.15, 0.2) is 48.5 Å².